The van der Waals surface area contributed by atoms with Crippen LogP contribution in [0.5, 0.6) is 0 Å². The first-order valence-corrected chi connectivity index (χ1v) is 8.53. The summed E-state index contributed by atoms with van der Waals surface area (Å²) in [6.07, 6.45) is 5.97. The summed E-state index contributed by atoms with van der Waals surface area (Å²) in [6, 6.07) is 8.02. The van der Waals surface area contributed by atoms with E-state index < -0.39 is 0 Å². The number of carbonyl (C=O) groups excluding carboxylic acids is 1. The summed E-state index contributed by atoms with van der Waals surface area (Å²) in [6.45, 7) is 2.71. The van der Waals surface area contributed by atoms with Crippen LogP contribution in [-0.2, 0) is 11.3 Å². The zero-order valence-electron chi connectivity index (χ0n) is 12.5. The van der Waals surface area contributed by atoms with Gasteiger partial charge in [-0.2, -0.15) is 0 Å². The molecule has 0 N–H and O–H groups in total. The molecular formula is C17H18IN3O. The van der Waals surface area contributed by atoms with E-state index in [2.05, 4.69) is 37.1 Å². The predicted molar refractivity (Wildman–Crippen MR) is 95.6 cm³/mol. The monoisotopic (exact) mass is 407 g/mol. The lowest BCUT2D eigenvalue weighted by atomic mass is 9.86. The number of nitrogens with zero attached hydrogens (tertiary/aromatic N) is 3. The number of aryl methyl sites for hydroxylation is 1. The number of rotatable bonds is 3. The van der Waals surface area contributed by atoms with Gasteiger partial charge in [0.05, 0.1) is 5.69 Å². The molecule has 3 rings (SSSR count). The quantitative estimate of drug-likeness (QED) is 0.724. The van der Waals surface area contributed by atoms with Gasteiger partial charge in [0, 0.05) is 40.6 Å². The van der Waals surface area contributed by atoms with Crippen LogP contribution in [-0.4, -0.2) is 21.0 Å². The number of ketones is 1. The Bertz CT molecular complexity index is 720. The van der Waals surface area contributed by atoms with E-state index in [1.54, 1.807) is 6.20 Å². The summed E-state index contributed by atoms with van der Waals surface area (Å²) < 4.78 is 3.18. The SMILES string of the molecule is Cc1nccn1CC1CCC(=Nc2ccccc2I)CC1=O. The van der Waals surface area contributed by atoms with Crippen LogP contribution in [0.4, 0.5) is 5.69 Å². The highest BCUT2D eigenvalue weighted by atomic mass is 127. The van der Waals surface area contributed by atoms with Gasteiger partial charge >= 0.3 is 0 Å². The van der Waals surface area contributed by atoms with Gasteiger partial charge in [-0.05, 0) is 54.5 Å². The van der Waals surface area contributed by atoms with Gasteiger partial charge in [-0.3, -0.25) is 9.79 Å². The highest BCUT2D eigenvalue weighted by Gasteiger charge is 2.26. The zero-order valence-corrected chi connectivity index (χ0v) is 14.7. The molecule has 0 bridgehead atoms. The second-order valence-electron chi connectivity index (χ2n) is 5.63. The first-order chi connectivity index (χ1) is 10.6. The molecule has 0 aliphatic heterocycles. The molecular weight excluding hydrogens is 389 g/mol. The average Bonchev–Trinajstić information content (AvgIpc) is 2.90. The number of aliphatic imine (C=N–C) groups is 1. The molecule has 0 radical (unpaired) electrons. The Hall–Kier alpha value is -1.50. The number of aromatic nitrogens is 2. The summed E-state index contributed by atoms with van der Waals surface area (Å²) in [5.41, 5.74) is 1.97. The van der Waals surface area contributed by atoms with Crippen LogP contribution in [0, 0.1) is 16.4 Å². The highest BCUT2D eigenvalue weighted by molar-refractivity contribution is 14.1. The van der Waals surface area contributed by atoms with Gasteiger partial charge in [0.2, 0.25) is 0 Å². The fourth-order valence-corrected chi connectivity index (χ4v) is 3.28. The van der Waals surface area contributed by atoms with Crippen LogP contribution in [0.1, 0.15) is 25.1 Å². The van der Waals surface area contributed by atoms with Gasteiger partial charge < -0.3 is 4.57 Å². The van der Waals surface area contributed by atoms with Crippen molar-refractivity contribution in [2.24, 2.45) is 10.9 Å². The van der Waals surface area contributed by atoms with E-state index in [0.29, 0.717) is 12.2 Å². The maximum atomic E-state index is 12.4. The minimum Gasteiger partial charge on any atom is -0.334 e. The third-order valence-electron chi connectivity index (χ3n) is 4.09. The Labute approximate surface area is 143 Å². The second-order valence-corrected chi connectivity index (χ2v) is 6.80. The standard InChI is InChI=1S/C17H18IN3O/c1-12-19-8-9-21(12)11-13-6-7-14(10-17(13)22)20-16-5-3-2-4-15(16)18/h2-5,8-9,13H,6-7,10-11H2,1H3. The summed E-state index contributed by atoms with van der Waals surface area (Å²) in [5.74, 6) is 1.34. The fraction of sp³-hybridized carbons (Fsp3) is 0.353. The van der Waals surface area contributed by atoms with E-state index in [4.69, 9.17) is 0 Å². The molecule has 2 aromatic rings. The third-order valence-corrected chi connectivity index (χ3v) is 5.00. The van der Waals surface area contributed by atoms with Gasteiger partial charge in [0.25, 0.3) is 0 Å². The Morgan fingerprint density at radius 3 is 2.91 bits per heavy atom. The van der Waals surface area contributed by atoms with Crippen LogP contribution in [0.3, 0.4) is 0 Å². The number of hydrogen-bond acceptors (Lipinski definition) is 3. The van der Waals surface area contributed by atoms with Crippen molar-refractivity contribution in [1.82, 2.24) is 9.55 Å². The van der Waals surface area contributed by atoms with E-state index in [9.17, 15) is 4.79 Å². The van der Waals surface area contributed by atoms with Crippen LogP contribution < -0.4 is 0 Å². The summed E-state index contributed by atoms with van der Waals surface area (Å²) in [7, 11) is 0. The number of Topliss-reactive ketones (excluding diaryl/α,β-unsaturated/α-hetero) is 1. The van der Waals surface area contributed by atoms with Crippen molar-refractivity contribution in [2.75, 3.05) is 0 Å². The molecule has 1 saturated carbocycles. The lowest BCUT2D eigenvalue weighted by molar-refractivity contribution is -0.122. The van der Waals surface area contributed by atoms with Crippen molar-refractivity contribution in [2.45, 2.75) is 32.7 Å². The van der Waals surface area contributed by atoms with Gasteiger partial charge in [-0.1, -0.05) is 12.1 Å². The molecule has 0 spiro atoms. The Morgan fingerprint density at radius 2 is 2.23 bits per heavy atom. The summed E-state index contributed by atoms with van der Waals surface area (Å²) in [5, 5.41) is 0. The number of imidazole rings is 1. The first kappa shape index (κ1) is 15.4. The van der Waals surface area contributed by atoms with Crippen molar-refractivity contribution in [3.63, 3.8) is 0 Å². The van der Waals surface area contributed by atoms with Crippen LogP contribution in [0.15, 0.2) is 41.7 Å². The third kappa shape index (κ3) is 3.45. The molecule has 5 heteroatoms. The lowest BCUT2D eigenvalue weighted by Gasteiger charge is -2.23. The van der Waals surface area contributed by atoms with E-state index in [0.717, 1.165) is 40.2 Å². The fourth-order valence-electron chi connectivity index (χ4n) is 2.77. The number of para-hydroxylation sites is 1. The molecule has 1 aromatic heterocycles. The van der Waals surface area contributed by atoms with Gasteiger partial charge in [0.15, 0.2) is 0 Å². The van der Waals surface area contributed by atoms with E-state index in [1.165, 1.54) is 0 Å². The molecule has 22 heavy (non-hydrogen) atoms. The van der Waals surface area contributed by atoms with Gasteiger partial charge in [0.1, 0.15) is 11.6 Å². The molecule has 1 unspecified atom stereocenters. The number of carbonyl (C=O) groups is 1. The molecule has 1 fully saturated rings. The molecule has 1 atom stereocenters. The van der Waals surface area contributed by atoms with Crippen LogP contribution in [0.2, 0.25) is 0 Å². The normalized spacial score (nSPS) is 20.5. The number of benzene rings is 1. The first-order valence-electron chi connectivity index (χ1n) is 7.45. The predicted octanol–water partition coefficient (Wildman–Crippen LogP) is 3.94. The molecule has 1 heterocycles. The van der Waals surface area contributed by atoms with Crippen LogP contribution >= 0.6 is 22.6 Å². The molecule has 4 nitrogen and oxygen atoms in total. The van der Waals surface area contributed by atoms with Crippen molar-refractivity contribution < 1.29 is 4.79 Å². The lowest BCUT2D eigenvalue weighted by Crippen LogP contribution is -2.28. The number of halogens is 1. The topological polar surface area (TPSA) is 47.2 Å². The van der Waals surface area contributed by atoms with Crippen molar-refractivity contribution in [3.05, 3.63) is 46.1 Å². The van der Waals surface area contributed by atoms with Crippen molar-refractivity contribution in [3.8, 4) is 0 Å². The van der Waals surface area contributed by atoms with Crippen molar-refractivity contribution >= 4 is 39.8 Å². The maximum absolute atomic E-state index is 12.4. The highest BCUT2D eigenvalue weighted by Crippen LogP contribution is 2.26. The second kappa shape index (κ2) is 6.73. The average molecular weight is 407 g/mol. The summed E-state index contributed by atoms with van der Waals surface area (Å²) in [4.78, 5) is 21.3. The number of hydrogen-bond donors (Lipinski definition) is 0. The smallest absolute Gasteiger partial charge is 0.143 e. The molecule has 0 amide bonds. The Balaban J connectivity index is 1.69. The zero-order chi connectivity index (χ0) is 15.5. The molecule has 0 saturated heterocycles. The molecule has 1 aliphatic rings. The van der Waals surface area contributed by atoms with Gasteiger partial charge in [-0.25, -0.2) is 4.98 Å². The maximum Gasteiger partial charge on any atom is 0.143 e. The molecule has 1 aliphatic carbocycles. The minimum absolute atomic E-state index is 0.0849. The largest absolute Gasteiger partial charge is 0.334 e. The Morgan fingerprint density at radius 1 is 1.41 bits per heavy atom. The van der Waals surface area contributed by atoms with Crippen molar-refractivity contribution in [1.29, 1.82) is 0 Å². The van der Waals surface area contributed by atoms with Gasteiger partial charge in [-0.15, -0.1) is 0 Å². The Kier molecular flexibility index (Phi) is 4.71. The van der Waals surface area contributed by atoms with E-state index in [1.807, 2.05) is 37.4 Å². The van der Waals surface area contributed by atoms with E-state index >= 15 is 0 Å². The molecule has 114 valence electrons. The molecule has 1 aromatic carbocycles. The van der Waals surface area contributed by atoms with Crippen LogP contribution in [0.25, 0.3) is 0 Å². The summed E-state index contributed by atoms with van der Waals surface area (Å²) >= 11 is 2.28. The van der Waals surface area contributed by atoms with E-state index in [-0.39, 0.29) is 5.92 Å². The minimum atomic E-state index is 0.0849.